The number of benzene rings is 1. The molecule has 0 saturated carbocycles. The first-order valence-corrected chi connectivity index (χ1v) is 6.50. The molecule has 1 heterocycles. The highest BCUT2D eigenvalue weighted by atomic mass is 19.1. The van der Waals surface area contributed by atoms with E-state index in [9.17, 15) is 4.39 Å². The number of hydrogen-bond donors (Lipinski definition) is 2. The standard InChI is InChI=1S/C15H17FN4O/c1-20(9-7-12-4-2-3-8-18-12)14-6-5-11(16)10-13(14)15(17)19-21/h2-6,8,10,21H,7,9H2,1H3,(H2,17,19). The summed E-state index contributed by atoms with van der Waals surface area (Å²) < 4.78 is 13.3. The van der Waals surface area contributed by atoms with Crippen LogP contribution in [0.15, 0.2) is 47.8 Å². The summed E-state index contributed by atoms with van der Waals surface area (Å²) in [6.45, 7) is 0.675. The lowest BCUT2D eigenvalue weighted by Gasteiger charge is -2.22. The zero-order valence-corrected chi connectivity index (χ0v) is 11.7. The van der Waals surface area contributed by atoms with Crippen LogP contribution < -0.4 is 10.6 Å². The van der Waals surface area contributed by atoms with Crippen molar-refractivity contribution in [3.05, 3.63) is 59.7 Å². The fourth-order valence-corrected chi connectivity index (χ4v) is 2.05. The maximum atomic E-state index is 13.3. The van der Waals surface area contributed by atoms with Crippen LogP contribution in [0.4, 0.5) is 10.1 Å². The van der Waals surface area contributed by atoms with E-state index in [1.807, 2.05) is 30.1 Å². The highest BCUT2D eigenvalue weighted by molar-refractivity contribution is 6.02. The van der Waals surface area contributed by atoms with E-state index in [0.29, 0.717) is 17.8 Å². The number of hydrogen-bond acceptors (Lipinski definition) is 4. The van der Waals surface area contributed by atoms with Crippen LogP contribution in [0.5, 0.6) is 0 Å². The lowest BCUT2D eigenvalue weighted by atomic mass is 10.1. The van der Waals surface area contributed by atoms with Crippen LogP contribution in [0, 0.1) is 5.82 Å². The number of nitrogens with two attached hydrogens (primary N) is 1. The maximum Gasteiger partial charge on any atom is 0.172 e. The lowest BCUT2D eigenvalue weighted by Crippen LogP contribution is -2.25. The van der Waals surface area contributed by atoms with Gasteiger partial charge >= 0.3 is 0 Å². The van der Waals surface area contributed by atoms with Gasteiger partial charge in [0.05, 0.1) is 0 Å². The average molecular weight is 288 g/mol. The molecule has 0 aliphatic carbocycles. The van der Waals surface area contributed by atoms with Crippen LogP contribution in [0.1, 0.15) is 11.3 Å². The molecule has 5 nitrogen and oxygen atoms in total. The molecular weight excluding hydrogens is 271 g/mol. The van der Waals surface area contributed by atoms with Crippen molar-refractivity contribution < 1.29 is 9.60 Å². The summed E-state index contributed by atoms with van der Waals surface area (Å²) in [5, 5.41) is 11.8. The van der Waals surface area contributed by atoms with E-state index in [0.717, 1.165) is 12.1 Å². The number of aromatic nitrogens is 1. The molecule has 3 N–H and O–H groups in total. The molecule has 110 valence electrons. The Hall–Kier alpha value is -2.63. The SMILES string of the molecule is CN(CCc1ccccn1)c1ccc(F)cc1C(N)=NO. The van der Waals surface area contributed by atoms with Gasteiger partial charge in [0, 0.05) is 43.2 Å². The second kappa shape index (κ2) is 6.69. The largest absolute Gasteiger partial charge is 0.409 e. The van der Waals surface area contributed by atoms with Crippen LogP contribution in [-0.4, -0.2) is 29.6 Å². The quantitative estimate of drug-likeness (QED) is 0.382. The molecule has 0 saturated heterocycles. The summed E-state index contributed by atoms with van der Waals surface area (Å²) >= 11 is 0. The third-order valence-electron chi connectivity index (χ3n) is 3.18. The van der Waals surface area contributed by atoms with Gasteiger partial charge in [-0.25, -0.2) is 4.39 Å². The van der Waals surface area contributed by atoms with Gasteiger partial charge < -0.3 is 15.8 Å². The Morgan fingerprint density at radius 3 is 2.86 bits per heavy atom. The number of halogens is 1. The molecule has 0 fully saturated rings. The van der Waals surface area contributed by atoms with Gasteiger partial charge in [-0.2, -0.15) is 0 Å². The van der Waals surface area contributed by atoms with E-state index in [-0.39, 0.29) is 5.84 Å². The predicted molar refractivity (Wildman–Crippen MR) is 80.1 cm³/mol. The molecule has 0 aliphatic rings. The molecule has 21 heavy (non-hydrogen) atoms. The number of nitrogens with zero attached hydrogens (tertiary/aromatic N) is 3. The van der Waals surface area contributed by atoms with Gasteiger partial charge in [-0.05, 0) is 30.3 Å². The van der Waals surface area contributed by atoms with Crippen LogP contribution in [0.2, 0.25) is 0 Å². The fraction of sp³-hybridized carbons (Fsp3) is 0.200. The molecule has 2 rings (SSSR count). The number of anilines is 1. The highest BCUT2D eigenvalue weighted by Crippen LogP contribution is 2.20. The lowest BCUT2D eigenvalue weighted by molar-refractivity contribution is 0.318. The zero-order valence-electron chi connectivity index (χ0n) is 11.7. The van der Waals surface area contributed by atoms with E-state index >= 15 is 0 Å². The molecular formula is C15H17FN4O. The molecule has 0 spiro atoms. The Morgan fingerprint density at radius 1 is 1.38 bits per heavy atom. The Labute approximate surface area is 122 Å². The van der Waals surface area contributed by atoms with Crippen LogP contribution in [0.3, 0.4) is 0 Å². The summed E-state index contributed by atoms with van der Waals surface area (Å²) in [6.07, 6.45) is 2.49. The van der Waals surface area contributed by atoms with E-state index < -0.39 is 5.82 Å². The number of pyridine rings is 1. The van der Waals surface area contributed by atoms with Crippen molar-refractivity contribution in [2.75, 3.05) is 18.5 Å². The molecule has 2 aromatic rings. The first kappa shape index (κ1) is 14.8. The summed E-state index contributed by atoms with van der Waals surface area (Å²) in [4.78, 5) is 6.18. The van der Waals surface area contributed by atoms with Crippen molar-refractivity contribution in [3.8, 4) is 0 Å². The third kappa shape index (κ3) is 3.68. The van der Waals surface area contributed by atoms with E-state index in [4.69, 9.17) is 10.9 Å². The van der Waals surface area contributed by atoms with E-state index in [2.05, 4.69) is 10.1 Å². The normalized spacial score (nSPS) is 11.4. The topological polar surface area (TPSA) is 74.7 Å². The monoisotopic (exact) mass is 288 g/mol. The van der Waals surface area contributed by atoms with Crippen molar-refractivity contribution in [1.29, 1.82) is 0 Å². The van der Waals surface area contributed by atoms with Gasteiger partial charge in [-0.3, -0.25) is 4.98 Å². The molecule has 0 aliphatic heterocycles. The average Bonchev–Trinajstić information content (AvgIpc) is 2.52. The molecule has 0 bridgehead atoms. The Balaban J connectivity index is 2.17. The van der Waals surface area contributed by atoms with Crippen molar-refractivity contribution in [2.45, 2.75) is 6.42 Å². The van der Waals surface area contributed by atoms with Crippen molar-refractivity contribution in [3.63, 3.8) is 0 Å². The Morgan fingerprint density at radius 2 is 2.19 bits per heavy atom. The van der Waals surface area contributed by atoms with Crippen molar-refractivity contribution in [2.24, 2.45) is 10.9 Å². The molecule has 0 unspecified atom stereocenters. The number of oxime groups is 1. The molecule has 0 radical (unpaired) electrons. The summed E-state index contributed by atoms with van der Waals surface area (Å²) in [5.74, 6) is -0.548. The number of rotatable bonds is 5. The van der Waals surface area contributed by atoms with Gasteiger partial charge in [-0.1, -0.05) is 11.2 Å². The van der Waals surface area contributed by atoms with Gasteiger partial charge in [-0.15, -0.1) is 0 Å². The summed E-state index contributed by atoms with van der Waals surface area (Å²) in [5.41, 5.74) is 7.63. The predicted octanol–water partition coefficient (Wildman–Crippen LogP) is 1.99. The molecule has 1 aromatic carbocycles. The van der Waals surface area contributed by atoms with Crippen molar-refractivity contribution in [1.82, 2.24) is 4.98 Å². The number of amidine groups is 1. The first-order valence-electron chi connectivity index (χ1n) is 6.50. The van der Waals surface area contributed by atoms with Gasteiger partial charge in [0.25, 0.3) is 0 Å². The second-order valence-electron chi connectivity index (χ2n) is 4.64. The molecule has 6 heteroatoms. The van der Waals surface area contributed by atoms with E-state index in [1.54, 1.807) is 12.3 Å². The number of likely N-dealkylation sites (N-methyl/N-ethyl adjacent to an activating group) is 1. The first-order chi connectivity index (χ1) is 10.1. The van der Waals surface area contributed by atoms with Crippen LogP contribution in [-0.2, 0) is 6.42 Å². The molecule has 0 atom stereocenters. The molecule has 0 amide bonds. The van der Waals surface area contributed by atoms with Gasteiger partial charge in [0.2, 0.25) is 0 Å². The van der Waals surface area contributed by atoms with Crippen LogP contribution in [0.25, 0.3) is 0 Å². The Kier molecular flexibility index (Phi) is 4.71. The minimum Gasteiger partial charge on any atom is -0.409 e. The second-order valence-corrected chi connectivity index (χ2v) is 4.64. The minimum atomic E-state index is -0.432. The summed E-state index contributed by atoms with van der Waals surface area (Å²) in [6, 6.07) is 9.96. The Bertz CT molecular complexity index is 631. The smallest absolute Gasteiger partial charge is 0.172 e. The minimum absolute atomic E-state index is 0.116. The van der Waals surface area contributed by atoms with Crippen molar-refractivity contribution >= 4 is 11.5 Å². The van der Waals surface area contributed by atoms with E-state index in [1.165, 1.54) is 12.1 Å². The fourth-order valence-electron chi connectivity index (χ4n) is 2.05. The highest BCUT2D eigenvalue weighted by Gasteiger charge is 2.12. The summed E-state index contributed by atoms with van der Waals surface area (Å²) in [7, 11) is 1.87. The van der Waals surface area contributed by atoms with Crippen LogP contribution >= 0.6 is 0 Å². The van der Waals surface area contributed by atoms with Gasteiger partial charge in [0.15, 0.2) is 5.84 Å². The zero-order chi connectivity index (χ0) is 15.2. The molecule has 1 aromatic heterocycles. The van der Waals surface area contributed by atoms with Gasteiger partial charge in [0.1, 0.15) is 5.82 Å². The maximum absolute atomic E-state index is 13.3. The third-order valence-corrected chi connectivity index (χ3v) is 3.18.